The Hall–Kier alpha value is -2.69. The highest BCUT2D eigenvalue weighted by Gasteiger charge is 2.28. The first kappa shape index (κ1) is 18.6. The van der Waals surface area contributed by atoms with Gasteiger partial charge in [-0.3, -0.25) is 4.79 Å². The van der Waals surface area contributed by atoms with E-state index in [1.807, 2.05) is 32.0 Å². The number of hydrogen-bond acceptors (Lipinski definition) is 3. The van der Waals surface area contributed by atoms with Crippen molar-refractivity contribution < 1.29 is 18.7 Å². The maximum Gasteiger partial charge on any atom is 0.334 e. The van der Waals surface area contributed by atoms with Crippen molar-refractivity contribution in [3.8, 4) is 5.75 Å². The Morgan fingerprint density at radius 3 is 2.16 bits per heavy atom. The van der Waals surface area contributed by atoms with Crippen LogP contribution in [0.3, 0.4) is 0 Å². The summed E-state index contributed by atoms with van der Waals surface area (Å²) in [5.74, 6) is -1.58. The summed E-state index contributed by atoms with van der Waals surface area (Å²) in [6, 6.07) is 10.3. The summed E-state index contributed by atoms with van der Waals surface area (Å²) in [5.41, 5.74) is 1.56. The number of para-hydroxylation sites is 1. The Bertz CT molecular complexity index is 766. The van der Waals surface area contributed by atoms with Gasteiger partial charge < -0.3 is 10.1 Å². The molecule has 0 aliphatic heterocycles. The lowest BCUT2D eigenvalue weighted by Crippen LogP contribution is -2.46. The minimum atomic E-state index is -0.883. The first-order valence-electron chi connectivity index (χ1n) is 8.14. The average molecular weight is 343 g/mol. The summed E-state index contributed by atoms with van der Waals surface area (Å²) in [5, 5.41) is 2.58. The van der Waals surface area contributed by atoms with Crippen LogP contribution in [0.15, 0.2) is 42.5 Å². The van der Waals surface area contributed by atoms with E-state index >= 15 is 0 Å². The third kappa shape index (κ3) is 4.44. The molecule has 0 radical (unpaired) electrons. The van der Waals surface area contributed by atoms with E-state index in [4.69, 9.17) is 4.74 Å². The van der Waals surface area contributed by atoms with Crippen LogP contribution in [-0.4, -0.2) is 17.9 Å². The molecule has 1 atom stereocenters. The highest BCUT2D eigenvalue weighted by Crippen LogP contribution is 2.23. The van der Waals surface area contributed by atoms with Crippen LogP contribution in [0.25, 0.3) is 0 Å². The number of nitrogens with one attached hydrogen (secondary N) is 1. The second-order valence-electron chi connectivity index (χ2n) is 6.32. The largest absolute Gasteiger partial charge is 0.424 e. The van der Waals surface area contributed by atoms with Crippen molar-refractivity contribution in [2.45, 2.75) is 33.7 Å². The van der Waals surface area contributed by atoms with Crippen molar-refractivity contribution in [3.05, 3.63) is 65.0 Å². The van der Waals surface area contributed by atoms with E-state index in [1.54, 1.807) is 19.9 Å². The lowest BCUT2D eigenvalue weighted by Gasteiger charge is -2.22. The van der Waals surface area contributed by atoms with E-state index in [9.17, 15) is 14.0 Å². The number of benzene rings is 2. The van der Waals surface area contributed by atoms with Crippen molar-refractivity contribution in [1.82, 2.24) is 5.32 Å². The molecule has 132 valence electrons. The van der Waals surface area contributed by atoms with Crippen LogP contribution in [0.1, 0.15) is 35.3 Å². The Kier molecular flexibility index (Phi) is 5.91. The van der Waals surface area contributed by atoms with Gasteiger partial charge in [-0.05, 0) is 43.0 Å². The molecule has 0 heterocycles. The molecule has 2 aromatic carbocycles. The van der Waals surface area contributed by atoms with Gasteiger partial charge in [-0.2, -0.15) is 0 Å². The fourth-order valence-electron chi connectivity index (χ4n) is 2.49. The van der Waals surface area contributed by atoms with Gasteiger partial charge in [0.1, 0.15) is 17.6 Å². The van der Waals surface area contributed by atoms with Crippen LogP contribution in [0.2, 0.25) is 0 Å². The summed E-state index contributed by atoms with van der Waals surface area (Å²) in [6.07, 6.45) is 0. The lowest BCUT2D eigenvalue weighted by atomic mass is 10.0. The summed E-state index contributed by atoms with van der Waals surface area (Å²) >= 11 is 0. The molecule has 0 saturated heterocycles. The maximum absolute atomic E-state index is 13.8. The molecule has 4 nitrogen and oxygen atoms in total. The highest BCUT2D eigenvalue weighted by molar-refractivity contribution is 5.97. The molecule has 5 heteroatoms. The monoisotopic (exact) mass is 343 g/mol. The van der Waals surface area contributed by atoms with Gasteiger partial charge in [0.15, 0.2) is 0 Å². The molecular formula is C20H22FNO3. The first-order chi connectivity index (χ1) is 11.8. The summed E-state index contributed by atoms with van der Waals surface area (Å²) in [6.45, 7) is 7.27. The van der Waals surface area contributed by atoms with Gasteiger partial charge in [0.05, 0.1) is 5.56 Å². The minimum absolute atomic E-state index is 0.104. The fraction of sp³-hybridized carbons (Fsp3) is 0.300. The van der Waals surface area contributed by atoms with Crippen molar-refractivity contribution >= 4 is 11.9 Å². The number of carbonyl (C=O) groups excluding carboxylic acids is 2. The fourth-order valence-corrected chi connectivity index (χ4v) is 2.49. The molecule has 0 unspecified atom stereocenters. The summed E-state index contributed by atoms with van der Waals surface area (Å²) in [7, 11) is 0. The van der Waals surface area contributed by atoms with Crippen molar-refractivity contribution in [3.63, 3.8) is 0 Å². The topological polar surface area (TPSA) is 55.4 Å². The second kappa shape index (κ2) is 7.92. The van der Waals surface area contributed by atoms with Gasteiger partial charge in [-0.15, -0.1) is 0 Å². The maximum atomic E-state index is 13.8. The zero-order valence-corrected chi connectivity index (χ0v) is 14.8. The van der Waals surface area contributed by atoms with Gasteiger partial charge in [0, 0.05) is 0 Å². The molecule has 1 N–H and O–H groups in total. The van der Waals surface area contributed by atoms with Crippen LogP contribution in [-0.2, 0) is 4.79 Å². The molecule has 0 spiro atoms. The Labute approximate surface area is 147 Å². The van der Waals surface area contributed by atoms with Gasteiger partial charge in [-0.1, -0.05) is 44.2 Å². The van der Waals surface area contributed by atoms with E-state index in [1.165, 1.54) is 18.2 Å². The van der Waals surface area contributed by atoms with Crippen molar-refractivity contribution in [2.75, 3.05) is 0 Å². The number of ether oxygens (including phenoxy) is 1. The third-order valence-electron chi connectivity index (χ3n) is 3.94. The molecule has 2 rings (SSSR count). The number of aryl methyl sites for hydroxylation is 2. The van der Waals surface area contributed by atoms with Crippen molar-refractivity contribution in [1.29, 1.82) is 0 Å². The van der Waals surface area contributed by atoms with E-state index in [0.717, 1.165) is 11.1 Å². The molecule has 0 fully saturated rings. The molecule has 0 aliphatic rings. The number of carbonyl (C=O) groups is 2. The van der Waals surface area contributed by atoms with E-state index in [2.05, 4.69) is 5.32 Å². The van der Waals surface area contributed by atoms with E-state index < -0.39 is 23.7 Å². The van der Waals surface area contributed by atoms with Gasteiger partial charge >= 0.3 is 5.97 Å². The number of halogens is 1. The molecule has 0 aromatic heterocycles. The number of esters is 1. The van der Waals surface area contributed by atoms with Crippen LogP contribution in [0.5, 0.6) is 5.75 Å². The molecular weight excluding hydrogens is 321 g/mol. The predicted molar refractivity (Wildman–Crippen MR) is 94.0 cm³/mol. The SMILES string of the molecule is Cc1cccc(C)c1OC(=O)[C@@H](NC(=O)c1ccccc1F)C(C)C. The quantitative estimate of drug-likeness (QED) is 0.663. The van der Waals surface area contributed by atoms with E-state index in [0.29, 0.717) is 5.75 Å². The number of rotatable bonds is 5. The van der Waals surface area contributed by atoms with Crippen LogP contribution in [0, 0.1) is 25.6 Å². The second-order valence-corrected chi connectivity index (χ2v) is 6.32. The summed E-state index contributed by atoms with van der Waals surface area (Å²) in [4.78, 5) is 24.9. The average Bonchev–Trinajstić information content (AvgIpc) is 2.56. The molecule has 0 aliphatic carbocycles. The Morgan fingerprint density at radius 1 is 1.00 bits per heavy atom. The van der Waals surface area contributed by atoms with Gasteiger partial charge in [0.25, 0.3) is 5.91 Å². The number of amides is 1. The van der Waals surface area contributed by atoms with Gasteiger partial charge in [0.2, 0.25) is 0 Å². The smallest absolute Gasteiger partial charge is 0.334 e. The molecule has 1 amide bonds. The van der Waals surface area contributed by atoms with Gasteiger partial charge in [-0.25, -0.2) is 9.18 Å². The first-order valence-corrected chi connectivity index (χ1v) is 8.14. The molecule has 0 saturated carbocycles. The van der Waals surface area contributed by atoms with Crippen LogP contribution in [0.4, 0.5) is 4.39 Å². The van der Waals surface area contributed by atoms with Crippen molar-refractivity contribution in [2.24, 2.45) is 5.92 Å². The lowest BCUT2D eigenvalue weighted by molar-refractivity contribution is -0.137. The Morgan fingerprint density at radius 2 is 1.60 bits per heavy atom. The Balaban J connectivity index is 2.19. The molecule has 0 bridgehead atoms. The zero-order chi connectivity index (χ0) is 18.6. The number of hydrogen-bond donors (Lipinski definition) is 1. The summed E-state index contributed by atoms with van der Waals surface area (Å²) < 4.78 is 19.3. The predicted octanol–water partition coefficient (Wildman–Crippen LogP) is 3.80. The van der Waals surface area contributed by atoms with Crippen LogP contribution >= 0.6 is 0 Å². The van der Waals surface area contributed by atoms with E-state index in [-0.39, 0.29) is 11.5 Å². The highest BCUT2D eigenvalue weighted by atomic mass is 19.1. The molecule has 2 aromatic rings. The normalized spacial score (nSPS) is 11.9. The molecule has 25 heavy (non-hydrogen) atoms. The standard InChI is InChI=1S/C20H22FNO3/c1-12(2)17(22-19(23)15-10-5-6-11-16(15)21)20(24)25-18-13(3)8-7-9-14(18)4/h5-12,17H,1-4H3,(H,22,23)/t17-/m0/s1. The third-order valence-corrected chi connectivity index (χ3v) is 3.94. The zero-order valence-electron chi connectivity index (χ0n) is 14.8. The van der Waals surface area contributed by atoms with Crippen LogP contribution < -0.4 is 10.1 Å². The minimum Gasteiger partial charge on any atom is -0.424 e.